The van der Waals surface area contributed by atoms with E-state index >= 15 is 0 Å². The van der Waals surface area contributed by atoms with Crippen molar-refractivity contribution in [2.24, 2.45) is 10.4 Å². The molecule has 2 atom stereocenters. The Morgan fingerprint density at radius 1 is 1.32 bits per heavy atom. The van der Waals surface area contributed by atoms with Crippen LogP contribution in [0.2, 0.25) is 0 Å². The van der Waals surface area contributed by atoms with E-state index in [9.17, 15) is 8.42 Å². The van der Waals surface area contributed by atoms with E-state index in [1.807, 2.05) is 0 Å². The summed E-state index contributed by atoms with van der Waals surface area (Å²) in [6.07, 6.45) is 2.79. The van der Waals surface area contributed by atoms with Crippen molar-refractivity contribution in [2.75, 3.05) is 17.3 Å². The summed E-state index contributed by atoms with van der Waals surface area (Å²) in [6, 6.07) is 0.375. The number of nitrogens with one attached hydrogen (secondary N) is 1. The number of sulfone groups is 1. The number of amidine groups is 1. The zero-order chi connectivity index (χ0) is 14.1. The Hall–Kier alpha value is -0.230. The minimum absolute atomic E-state index is 0.0451. The minimum Gasteiger partial charge on any atom is -0.361 e. The van der Waals surface area contributed by atoms with Crippen LogP contribution in [-0.4, -0.2) is 42.9 Å². The second kappa shape index (κ2) is 5.64. The third-order valence-electron chi connectivity index (χ3n) is 3.69. The van der Waals surface area contributed by atoms with Gasteiger partial charge in [0, 0.05) is 11.8 Å². The van der Waals surface area contributed by atoms with Gasteiger partial charge in [0.05, 0.1) is 17.5 Å². The average Bonchev–Trinajstić information content (AvgIpc) is 2.26. The molecule has 0 radical (unpaired) electrons. The van der Waals surface area contributed by atoms with Crippen LogP contribution in [0.3, 0.4) is 0 Å². The Bertz CT molecular complexity index is 452. The van der Waals surface area contributed by atoms with Crippen LogP contribution in [0, 0.1) is 5.41 Å². The highest BCUT2D eigenvalue weighted by Crippen LogP contribution is 2.30. The van der Waals surface area contributed by atoms with E-state index in [2.05, 4.69) is 26.1 Å². The van der Waals surface area contributed by atoms with Crippen LogP contribution in [-0.2, 0) is 9.84 Å². The molecular formula is C13H24N2O2S2. The summed E-state index contributed by atoms with van der Waals surface area (Å²) in [7, 11) is -2.85. The van der Waals surface area contributed by atoms with Crippen molar-refractivity contribution in [2.45, 2.75) is 52.1 Å². The van der Waals surface area contributed by atoms with Gasteiger partial charge in [0.25, 0.3) is 0 Å². The van der Waals surface area contributed by atoms with Crippen molar-refractivity contribution in [3.63, 3.8) is 0 Å². The molecular weight excluding hydrogens is 280 g/mol. The number of nitrogens with zero attached hydrogens (tertiary/aromatic N) is 1. The third kappa shape index (κ3) is 4.38. The fourth-order valence-corrected chi connectivity index (χ4v) is 5.15. The minimum atomic E-state index is -2.85. The molecule has 2 heterocycles. The van der Waals surface area contributed by atoms with E-state index in [1.165, 1.54) is 0 Å². The standard InChI is InChI=1S/C13H24N2O2S2/c1-13(2,3)11-6-7-18-12(15-11)14-10-5-4-8-19(16,17)9-10/h10-11H,4-9H2,1-3H3,(H,14,15). The molecule has 4 nitrogen and oxygen atoms in total. The van der Waals surface area contributed by atoms with Gasteiger partial charge in [0.1, 0.15) is 0 Å². The van der Waals surface area contributed by atoms with Gasteiger partial charge < -0.3 is 5.32 Å². The maximum Gasteiger partial charge on any atom is 0.157 e. The second-order valence-electron chi connectivity index (χ2n) is 6.55. The average molecular weight is 304 g/mol. The first-order valence-electron chi connectivity index (χ1n) is 6.94. The number of hydrogen-bond acceptors (Lipinski definition) is 5. The molecule has 2 aliphatic heterocycles. The summed E-state index contributed by atoms with van der Waals surface area (Å²) in [4.78, 5) is 4.77. The zero-order valence-electron chi connectivity index (χ0n) is 12.0. The van der Waals surface area contributed by atoms with E-state index in [0.29, 0.717) is 11.8 Å². The zero-order valence-corrected chi connectivity index (χ0v) is 13.6. The summed E-state index contributed by atoms with van der Waals surface area (Å²) in [5, 5.41) is 4.29. The van der Waals surface area contributed by atoms with Gasteiger partial charge in [-0.2, -0.15) is 0 Å². The molecule has 1 N–H and O–H groups in total. The van der Waals surface area contributed by atoms with Crippen molar-refractivity contribution in [3.8, 4) is 0 Å². The van der Waals surface area contributed by atoms with Crippen LogP contribution < -0.4 is 5.32 Å². The van der Waals surface area contributed by atoms with Gasteiger partial charge in [0.2, 0.25) is 0 Å². The first-order valence-corrected chi connectivity index (χ1v) is 9.74. The second-order valence-corrected chi connectivity index (χ2v) is 9.86. The molecule has 0 amide bonds. The third-order valence-corrected chi connectivity index (χ3v) is 6.45. The summed E-state index contributed by atoms with van der Waals surface area (Å²) < 4.78 is 23.3. The molecule has 110 valence electrons. The van der Waals surface area contributed by atoms with Crippen LogP contribution in [0.4, 0.5) is 0 Å². The quantitative estimate of drug-likeness (QED) is 0.805. The largest absolute Gasteiger partial charge is 0.361 e. The molecule has 0 aromatic carbocycles. The SMILES string of the molecule is CC(C)(C)C1CCSC(NC2CCCS(=O)(=O)C2)=N1. The van der Waals surface area contributed by atoms with Crippen LogP contribution in [0.15, 0.2) is 4.99 Å². The van der Waals surface area contributed by atoms with Gasteiger partial charge in [-0.3, -0.25) is 4.99 Å². The first-order chi connectivity index (χ1) is 8.76. The Balaban J connectivity index is 2.00. The number of hydrogen-bond donors (Lipinski definition) is 1. The predicted molar refractivity (Wildman–Crippen MR) is 82.6 cm³/mol. The van der Waals surface area contributed by atoms with Gasteiger partial charge in [-0.1, -0.05) is 32.5 Å². The summed E-state index contributed by atoms with van der Waals surface area (Å²) >= 11 is 1.72. The Morgan fingerprint density at radius 3 is 2.68 bits per heavy atom. The van der Waals surface area contributed by atoms with E-state index in [1.54, 1.807) is 11.8 Å². The fraction of sp³-hybridized carbons (Fsp3) is 0.923. The van der Waals surface area contributed by atoms with E-state index < -0.39 is 9.84 Å². The highest BCUT2D eigenvalue weighted by atomic mass is 32.2. The van der Waals surface area contributed by atoms with Gasteiger partial charge in [-0.05, 0) is 24.7 Å². The lowest BCUT2D eigenvalue weighted by Gasteiger charge is -2.32. The molecule has 6 heteroatoms. The van der Waals surface area contributed by atoms with Crippen LogP contribution in [0.1, 0.15) is 40.0 Å². The number of aliphatic imine (C=N–C) groups is 1. The summed E-state index contributed by atoms with van der Waals surface area (Å²) in [5.41, 5.74) is 0.173. The van der Waals surface area contributed by atoms with Crippen molar-refractivity contribution in [1.29, 1.82) is 0 Å². The van der Waals surface area contributed by atoms with E-state index in [-0.39, 0.29) is 17.2 Å². The Labute approximate surface area is 120 Å². The molecule has 0 aromatic heterocycles. The van der Waals surface area contributed by atoms with Crippen LogP contribution in [0.25, 0.3) is 0 Å². The van der Waals surface area contributed by atoms with E-state index in [4.69, 9.17) is 4.99 Å². The van der Waals surface area contributed by atoms with Gasteiger partial charge in [0.15, 0.2) is 15.0 Å². The van der Waals surface area contributed by atoms with Gasteiger partial charge in [-0.25, -0.2) is 8.42 Å². The normalized spacial score (nSPS) is 31.6. The van der Waals surface area contributed by atoms with Crippen molar-refractivity contribution in [3.05, 3.63) is 0 Å². The lowest BCUT2D eigenvalue weighted by atomic mass is 9.85. The van der Waals surface area contributed by atoms with Crippen molar-refractivity contribution in [1.82, 2.24) is 5.32 Å². The highest BCUT2D eigenvalue weighted by Gasteiger charge is 2.30. The molecule has 2 rings (SSSR count). The van der Waals surface area contributed by atoms with Gasteiger partial charge >= 0.3 is 0 Å². The lowest BCUT2D eigenvalue weighted by molar-refractivity contribution is 0.315. The Morgan fingerprint density at radius 2 is 2.05 bits per heavy atom. The lowest BCUT2D eigenvalue weighted by Crippen LogP contribution is -2.44. The molecule has 0 aliphatic carbocycles. The smallest absolute Gasteiger partial charge is 0.157 e. The summed E-state index contributed by atoms with van der Waals surface area (Å²) in [6.45, 7) is 6.62. The van der Waals surface area contributed by atoms with Crippen LogP contribution >= 0.6 is 11.8 Å². The summed E-state index contributed by atoms with van der Waals surface area (Å²) in [5.74, 6) is 1.66. The van der Waals surface area contributed by atoms with E-state index in [0.717, 1.165) is 30.2 Å². The first kappa shape index (κ1) is 15.2. The molecule has 0 saturated carbocycles. The molecule has 2 unspecified atom stereocenters. The van der Waals surface area contributed by atoms with Gasteiger partial charge in [-0.15, -0.1) is 0 Å². The topological polar surface area (TPSA) is 58.5 Å². The maximum atomic E-state index is 11.6. The molecule has 1 fully saturated rings. The molecule has 0 bridgehead atoms. The maximum absolute atomic E-state index is 11.6. The molecule has 19 heavy (non-hydrogen) atoms. The highest BCUT2D eigenvalue weighted by molar-refractivity contribution is 8.13. The molecule has 0 spiro atoms. The monoisotopic (exact) mass is 304 g/mol. The molecule has 2 aliphatic rings. The predicted octanol–water partition coefficient (Wildman–Crippen LogP) is 2.06. The number of thioether (sulfide) groups is 1. The fourth-order valence-electron chi connectivity index (χ4n) is 2.53. The van der Waals surface area contributed by atoms with Crippen molar-refractivity contribution < 1.29 is 8.42 Å². The molecule has 1 saturated heterocycles. The molecule has 0 aromatic rings. The Kier molecular flexibility index (Phi) is 4.50. The van der Waals surface area contributed by atoms with Crippen LogP contribution in [0.5, 0.6) is 0 Å². The van der Waals surface area contributed by atoms with Crippen molar-refractivity contribution >= 4 is 26.8 Å². The number of rotatable bonds is 1.